The van der Waals surface area contributed by atoms with Crippen molar-refractivity contribution in [3.63, 3.8) is 0 Å². The van der Waals surface area contributed by atoms with Gasteiger partial charge in [-0.2, -0.15) is 0 Å². The number of carbonyl (C=O) groups excluding carboxylic acids is 1. The molecule has 0 radical (unpaired) electrons. The first-order valence-electron chi connectivity index (χ1n) is 7.17. The van der Waals surface area contributed by atoms with Gasteiger partial charge in [0.15, 0.2) is 31.4 Å². The van der Waals surface area contributed by atoms with Crippen molar-refractivity contribution in [1.29, 1.82) is 0 Å². The Morgan fingerprint density at radius 1 is 1.52 bits per heavy atom. The highest BCUT2D eigenvalue weighted by Gasteiger charge is 2.55. The van der Waals surface area contributed by atoms with Gasteiger partial charge in [0, 0.05) is 0 Å². The number of alkyl halides is 1. The molecule has 1 aliphatic rings. The van der Waals surface area contributed by atoms with Gasteiger partial charge in [-0.25, -0.2) is 9.18 Å². The Kier molecular flexibility index (Phi) is 6.35. The van der Waals surface area contributed by atoms with Crippen LogP contribution in [0.4, 0.5) is 9.18 Å². The maximum absolute atomic E-state index is 14.9. The molecule has 1 saturated heterocycles. The Balaban J connectivity index is 2.70. The third kappa shape index (κ3) is 5.33. The molecule has 0 aromatic carbocycles. The molecule has 1 rings (SSSR count). The van der Waals surface area contributed by atoms with Crippen molar-refractivity contribution in [2.75, 3.05) is 6.61 Å². The van der Waals surface area contributed by atoms with Crippen molar-refractivity contribution in [2.24, 2.45) is 5.73 Å². The number of rotatable bonds is 6. The van der Waals surface area contributed by atoms with Crippen molar-refractivity contribution in [3.05, 3.63) is 0 Å². The summed E-state index contributed by atoms with van der Waals surface area (Å²) in [6.07, 6.45) is -2.37. The monoisotopic (exact) mass is 338 g/mol. The highest BCUT2D eigenvalue weighted by atomic mass is 28.2. The van der Waals surface area contributed by atoms with Gasteiger partial charge in [-0.05, 0) is 12.0 Å². The Hall–Kier alpha value is -0.486. The normalized spacial score (nSPS) is 34.3. The number of ether oxygens (including phenoxy) is 1. The molecular formula is C12H27FN2O4Si2. The van der Waals surface area contributed by atoms with Crippen LogP contribution in [0.15, 0.2) is 0 Å². The minimum Gasteiger partial charge on any atom is -0.421 e. The molecule has 1 heterocycles. The fraction of sp³-hybridized carbons (Fsp3) is 0.917. The van der Waals surface area contributed by atoms with Gasteiger partial charge in [-0.15, -0.1) is 0 Å². The van der Waals surface area contributed by atoms with E-state index in [4.69, 9.17) is 19.3 Å². The van der Waals surface area contributed by atoms with Gasteiger partial charge in [0.05, 0.1) is 6.61 Å². The molecule has 0 spiro atoms. The van der Waals surface area contributed by atoms with E-state index in [1.165, 1.54) is 6.92 Å². The molecule has 4 atom stereocenters. The minimum absolute atomic E-state index is 0.151. The zero-order valence-corrected chi connectivity index (χ0v) is 16.3. The lowest BCUT2D eigenvalue weighted by atomic mass is 9.99. The quantitative estimate of drug-likeness (QED) is 0.665. The maximum atomic E-state index is 14.9. The lowest BCUT2D eigenvalue weighted by Gasteiger charge is -2.27. The standard InChI is InChI=1S/C12H27FN2O4Si2/c1-11(2,3)21-17-6-7-8(19-20-5)12(4,13)9(18-7)15-10(14)16/h7-9H,6,20-21H2,1-5H3,(H3,14,15,16)/t7-,8-,9-,12?/m1/s1. The van der Waals surface area contributed by atoms with Crippen molar-refractivity contribution in [2.45, 2.75) is 63.4 Å². The summed E-state index contributed by atoms with van der Waals surface area (Å²) >= 11 is 0. The van der Waals surface area contributed by atoms with Crippen LogP contribution >= 0.6 is 0 Å². The van der Waals surface area contributed by atoms with Crippen LogP contribution in [-0.4, -0.2) is 56.3 Å². The summed E-state index contributed by atoms with van der Waals surface area (Å²) < 4.78 is 31.8. The van der Waals surface area contributed by atoms with Crippen LogP contribution in [0.5, 0.6) is 0 Å². The van der Waals surface area contributed by atoms with Gasteiger partial charge in [-0.3, -0.25) is 0 Å². The van der Waals surface area contributed by atoms with E-state index in [0.29, 0.717) is 0 Å². The second-order valence-corrected chi connectivity index (χ2v) is 10.4. The summed E-state index contributed by atoms with van der Waals surface area (Å²) in [4.78, 5) is 11.0. The number of hydrogen-bond acceptors (Lipinski definition) is 4. The van der Waals surface area contributed by atoms with Crippen molar-refractivity contribution in [1.82, 2.24) is 5.32 Å². The van der Waals surface area contributed by atoms with Crippen LogP contribution in [-0.2, 0) is 13.6 Å². The summed E-state index contributed by atoms with van der Waals surface area (Å²) in [5.74, 6) is 0. The number of hydrogen-bond donors (Lipinski definition) is 2. The Bertz CT molecular complexity index is 366. The number of primary amides is 1. The van der Waals surface area contributed by atoms with Gasteiger partial charge in [0.2, 0.25) is 0 Å². The SMILES string of the molecule is C[SiH2]O[C@@H]1[C@@H](CO[SiH2]C(C)(C)C)O[C@@H](NC(N)=O)C1(C)F. The maximum Gasteiger partial charge on any atom is 0.314 e. The molecule has 21 heavy (non-hydrogen) atoms. The van der Waals surface area contributed by atoms with E-state index in [9.17, 15) is 9.18 Å². The van der Waals surface area contributed by atoms with Crippen LogP contribution < -0.4 is 11.1 Å². The van der Waals surface area contributed by atoms with E-state index in [1.54, 1.807) is 0 Å². The van der Waals surface area contributed by atoms with Gasteiger partial charge < -0.3 is 24.6 Å². The highest BCUT2D eigenvalue weighted by Crippen LogP contribution is 2.35. The summed E-state index contributed by atoms with van der Waals surface area (Å²) in [5, 5.41) is 2.44. The predicted octanol–water partition coefficient (Wildman–Crippen LogP) is -0.0563. The van der Waals surface area contributed by atoms with Gasteiger partial charge >= 0.3 is 6.03 Å². The van der Waals surface area contributed by atoms with Gasteiger partial charge in [0.25, 0.3) is 0 Å². The molecule has 1 aliphatic heterocycles. The molecule has 0 aromatic heterocycles. The Morgan fingerprint density at radius 2 is 2.14 bits per heavy atom. The molecule has 0 bridgehead atoms. The predicted molar refractivity (Wildman–Crippen MR) is 84.4 cm³/mol. The topological polar surface area (TPSA) is 82.8 Å². The second kappa shape index (κ2) is 7.18. The zero-order chi connectivity index (χ0) is 16.3. The minimum atomic E-state index is -1.82. The van der Waals surface area contributed by atoms with E-state index < -0.39 is 49.7 Å². The lowest BCUT2D eigenvalue weighted by molar-refractivity contribution is -0.0237. The smallest absolute Gasteiger partial charge is 0.314 e. The molecule has 124 valence electrons. The second-order valence-electron chi connectivity index (χ2n) is 6.67. The molecule has 1 unspecified atom stereocenters. The van der Waals surface area contributed by atoms with E-state index >= 15 is 0 Å². The number of halogens is 1. The molecular weight excluding hydrogens is 311 g/mol. The van der Waals surface area contributed by atoms with Crippen LogP contribution in [0.1, 0.15) is 27.7 Å². The fourth-order valence-electron chi connectivity index (χ4n) is 2.25. The number of nitrogens with two attached hydrogens (primary N) is 1. The Labute approximate surface area is 130 Å². The third-order valence-corrected chi connectivity index (χ3v) is 5.15. The summed E-state index contributed by atoms with van der Waals surface area (Å²) in [5.41, 5.74) is 3.24. The zero-order valence-electron chi connectivity index (χ0n) is 13.4. The van der Waals surface area contributed by atoms with E-state index in [-0.39, 0.29) is 11.6 Å². The fourth-order valence-corrected chi connectivity index (χ4v) is 4.12. The van der Waals surface area contributed by atoms with E-state index in [1.807, 2.05) is 6.55 Å². The summed E-state index contributed by atoms with van der Waals surface area (Å²) in [7, 11) is -1.58. The molecule has 0 saturated carbocycles. The number of carbonyl (C=O) groups is 1. The first-order valence-corrected chi connectivity index (χ1v) is 10.4. The first kappa shape index (κ1) is 18.6. The third-order valence-electron chi connectivity index (χ3n) is 3.15. The van der Waals surface area contributed by atoms with Crippen molar-refractivity contribution in [3.8, 4) is 0 Å². The van der Waals surface area contributed by atoms with Crippen LogP contribution in [0.3, 0.4) is 0 Å². The molecule has 0 aliphatic carbocycles. The molecule has 6 nitrogen and oxygen atoms in total. The molecule has 9 heteroatoms. The van der Waals surface area contributed by atoms with Crippen LogP contribution in [0.25, 0.3) is 0 Å². The largest absolute Gasteiger partial charge is 0.421 e. The first-order chi connectivity index (χ1) is 9.58. The van der Waals surface area contributed by atoms with E-state index in [0.717, 1.165) is 0 Å². The number of urea groups is 1. The Morgan fingerprint density at radius 3 is 2.62 bits per heavy atom. The van der Waals surface area contributed by atoms with Gasteiger partial charge in [-0.1, -0.05) is 27.3 Å². The van der Waals surface area contributed by atoms with Crippen molar-refractivity contribution >= 4 is 25.6 Å². The highest BCUT2D eigenvalue weighted by molar-refractivity contribution is 6.31. The van der Waals surface area contributed by atoms with Crippen LogP contribution in [0, 0.1) is 0 Å². The summed E-state index contributed by atoms with van der Waals surface area (Å²) in [6, 6.07) is -0.818. The number of amides is 2. The molecule has 0 aromatic rings. The lowest BCUT2D eigenvalue weighted by Crippen LogP contribution is -2.52. The van der Waals surface area contributed by atoms with E-state index in [2.05, 4.69) is 26.1 Å². The van der Waals surface area contributed by atoms with Crippen LogP contribution in [0.2, 0.25) is 11.6 Å². The number of nitrogens with one attached hydrogen (secondary N) is 1. The van der Waals surface area contributed by atoms with Crippen molar-refractivity contribution < 1.29 is 22.8 Å². The average molecular weight is 339 g/mol. The summed E-state index contributed by atoms with van der Waals surface area (Å²) in [6.45, 7) is 9.89. The molecule has 2 amide bonds. The average Bonchev–Trinajstić information content (AvgIpc) is 2.51. The molecule has 1 fully saturated rings. The molecule has 3 N–H and O–H groups in total. The van der Waals surface area contributed by atoms with Gasteiger partial charge in [0.1, 0.15) is 12.2 Å².